The molecule has 0 unspecified atom stereocenters. The fourth-order valence-electron chi connectivity index (χ4n) is 3.52. The number of nitrogens with one attached hydrogen (secondary N) is 2. The number of aromatic amines is 1. The SMILES string of the molecule is CC(=O)Nc1cc(C(=O)N2CCC(c3nc4ccccc4[nH]3)CC2)ccn1. The molecule has 2 N–H and O–H groups in total. The molecule has 1 aliphatic heterocycles. The quantitative estimate of drug-likeness (QED) is 0.748. The number of hydrogen-bond donors (Lipinski definition) is 2. The number of amides is 2. The molecule has 0 aliphatic carbocycles. The molecule has 1 fully saturated rings. The Kier molecular flexibility index (Phi) is 4.58. The topological polar surface area (TPSA) is 91.0 Å². The molecule has 0 radical (unpaired) electrons. The van der Waals surface area contributed by atoms with E-state index in [1.54, 1.807) is 18.3 Å². The van der Waals surface area contributed by atoms with Crippen LogP contribution in [0.5, 0.6) is 0 Å². The molecule has 1 aromatic carbocycles. The number of rotatable bonds is 3. The highest BCUT2D eigenvalue weighted by molar-refractivity contribution is 5.96. The second-order valence-electron chi connectivity index (χ2n) is 6.82. The van der Waals surface area contributed by atoms with E-state index in [9.17, 15) is 9.59 Å². The summed E-state index contributed by atoms with van der Waals surface area (Å²) in [6, 6.07) is 11.3. The summed E-state index contributed by atoms with van der Waals surface area (Å²) in [7, 11) is 0. The Labute approximate surface area is 156 Å². The fourth-order valence-corrected chi connectivity index (χ4v) is 3.52. The summed E-state index contributed by atoms with van der Waals surface area (Å²) >= 11 is 0. The van der Waals surface area contributed by atoms with Crippen molar-refractivity contribution in [2.24, 2.45) is 0 Å². The summed E-state index contributed by atoms with van der Waals surface area (Å²) in [6.07, 6.45) is 3.28. The smallest absolute Gasteiger partial charge is 0.254 e. The van der Waals surface area contributed by atoms with Gasteiger partial charge in [0.25, 0.3) is 5.91 Å². The van der Waals surface area contributed by atoms with Gasteiger partial charge in [0.05, 0.1) is 11.0 Å². The van der Waals surface area contributed by atoms with E-state index >= 15 is 0 Å². The third-order valence-corrected chi connectivity index (χ3v) is 4.89. The highest BCUT2D eigenvalue weighted by Crippen LogP contribution is 2.28. The van der Waals surface area contributed by atoms with Crippen molar-refractivity contribution in [1.29, 1.82) is 0 Å². The van der Waals surface area contributed by atoms with Gasteiger partial charge in [0.2, 0.25) is 5.91 Å². The van der Waals surface area contributed by atoms with Crippen LogP contribution < -0.4 is 5.32 Å². The molecular weight excluding hydrogens is 342 g/mol. The van der Waals surface area contributed by atoms with Gasteiger partial charge < -0.3 is 15.2 Å². The summed E-state index contributed by atoms with van der Waals surface area (Å²) in [6.45, 7) is 2.77. The normalized spacial score (nSPS) is 15.1. The Balaban J connectivity index is 1.42. The van der Waals surface area contributed by atoms with Crippen LogP contribution in [0.4, 0.5) is 5.82 Å². The minimum Gasteiger partial charge on any atom is -0.342 e. The number of likely N-dealkylation sites (tertiary alicyclic amines) is 1. The molecule has 2 amide bonds. The molecule has 1 aliphatic rings. The minimum absolute atomic E-state index is 0.0351. The molecule has 7 heteroatoms. The standard InChI is InChI=1S/C20H21N5O2/c1-13(26)22-18-12-15(6-9-21-18)20(27)25-10-7-14(8-11-25)19-23-16-4-2-3-5-17(16)24-19/h2-6,9,12,14H,7-8,10-11H2,1H3,(H,23,24)(H,21,22,26). The van der Waals surface area contributed by atoms with Gasteiger partial charge in [-0.05, 0) is 37.1 Å². The zero-order valence-electron chi connectivity index (χ0n) is 15.1. The van der Waals surface area contributed by atoms with Crippen molar-refractivity contribution in [2.45, 2.75) is 25.7 Å². The van der Waals surface area contributed by atoms with E-state index in [1.807, 2.05) is 29.2 Å². The van der Waals surface area contributed by atoms with E-state index in [-0.39, 0.29) is 11.8 Å². The predicted molar refractivity (Wildman–Crippen MR) is 103 cm³/mol. The van der Waals surface area contributed by atoms with Gasteiger partial charge in [0, 0.05) is 37.7 Å². The van der Waals surface area contributed by atoms with Gasteiger partial charge in [-0.15, -0.1) is 0 Å². The van der Waals surface area contributed by atoms with E-state index in [1.165, 1.54) is 6.92 Å². The van der Waals surface area contributed by atoms with Gasteiger partial charge in [0.1, 0.15) is 11.6 Å². The number of fused-ring (bicyclic) bond motifs is 1. The average Bonchev–Trinajstić information content (AvgIpc) is 3.11. The van der Waals surface area contributed by atoms with Crippen LogP contribution in [-0.2, 0) is 4.79 Å². The zero-order chi connectivity index (χ0) is 18.8. The lowest BCUT2D eigenvalue weighted by Gasteiger charge is -2.31. The average molecular weight is 363 g/mol. The van der Waals surface area contributed by atoms with Crippen LogP contribution in [0.1, 0.15) is 41.9 Å². The van der Waals surface area contributed by atoms with Crippen molar-refractivity contribution in [3.05, 3.63) is 54.0 Å². The van der Waals surface area contributed by atoms with E-state index in [0.717, 1.165) is 29.7 Å². The number of pyridine rings is 1. The van der Waals surface area contributed by atoms with Crippen molar-refractivity contribution in [3.63, 3.8) is 0 Å². The Morgan fingerprint density at radius 1 is 1.19 bits per heavy atom. The Morgan fingerprint density at radius 3 is 2.70 bits per heavy atom. The predicted octanol–water partition coefficient (Wildman–Crippen LogP) is 2.94. The van der Waals surface area contributed by atoms with Crippen LogP contribution in [0.2, 0.25) is 0 Å². The molecule has 0 atom stereocenters. The third-order valence-electron chi connectivity index (χ3n) is 4.89. The first kappa shape index (κ1) is 17.2. The molecular formula is C20H21N5O2. The van der Waals surface area contributed by atoms with Gasteiger partial charge in [0.15, 0.2) is 0 Å². The highest BCUT2D eigenvalue weighted by atomic mass is 16.2. The van der Waals surface area contributed by atoms with Crippen molar-refractivity contribution in [3.8, 4) is 0 Å². The van der Waals surface area contributed by atoms with Crippen LogP contribution in [0, 0.1) is 0 Å². The largest absolute Gasteiger partial charge is 0.342 e. The van der Waals surface area contributed by atoms with E-state index in [2.05, 4.69) is 15.3 Å². The maximum Gasteiger partial charge on any atom is 0.254 e. The number of carbonyl (C=O) groups is 2. The number of para-hydroxylation sites is 2. The summed E-state index contributed by atoms with van der Waals surface area (Å²) in [5.74, 6) is 1.48. The first-order valence-corrected chi connectivity index (χ1v) is 9.08. The van der Waals surface area contributed by atoms with Crippen molar-refractivity contribution in [1.82, 2.24) is 19.9 Å². The number of imidazole rings is 1. The number of carbonyl (C=O) groups excluding carboxylic acids is 2. The molecule has 0 bridgehead atoms. The molecule has 0 spiro atoms. The third kappa shape index (κ3) is 3.67. The highest BCUT2D eigenvalue weighted by Gasteiger charge is 2.26. The van der Waals surface area contributed by atoms with Gasteiger partial charge in [-0.1, -0.05) is 12.1 Å². The molecule has 1 saturated heterocycles. The summed E-state index contributed by atoms with van der Waals surface area (Å²) < 4.78 is 0. The Morgan fingerprint density at radius 2 is 1.96 bits per heavy atom. The second kappa shape index (κ2) is 7.19. The summed E-state index contributed by atoms with van der Waals surface area (Å²) in [5.41, 5.74) is 2.57. The van der Waals surface area contributed by atoms with Gasteiger partial charge in [-0.3, -0.25) is 9.59 Å². The second-order valence-corrected chi connectivity index (χ2v) is 6.82. The summed E-state index contributed by atoms with van der Waals surface area (Å²) in [5, 5.41) is 2.61. The molecule has 27 heavy (non-hydrogen) atoms. The van der Waals surface area contributed by atoms with Crippen LogP contribution in [-0.4, -0.2) is 44.8 Å². The minimum atomic E-state index is -0.209. The van der Waals surface area contributed by atoms with Crippen LogP contribution in [0.25, 0.3) is 11.0 Å². The van der Waals surface area contributed by atoms with Crippen LogP contribution >= 0.6 is 0 Å². The van der Waals surface area contributed by atoms with Crippen molar-refractivity contribution >= 4 is 28.7 Å². The maximum absolute atomic E-state index is 12.8. The molecule has 138 valence electrons. The van der Waals surface area contributed by atoms with Gasteiger partial charge in [-0.2, -0.15) is 0 Å². The first-order valence-electron chi connectivity index (χ1n) is 9.08. The van der Waals surface area contributed by atoms with Crippen molar-refractivity contribution in [2.75, 3.05) is 18.4 Å². The van der Waals surface area contributed by atoms with Gasteiger partial charge in [-0.25, -0.2) is 9.97 Å². The number of piperidine rings is 1. The van der Waals surface area contributed by atoms with E-state index < -0.39 is 0 Å². The Hall–Kier alpha value is -3.22. The molecule has 3 heterocycles. The van der Waals surface area contributed by atoms with E-state index in [0.29, 0.717) is 30.4 Å². The van der Waals surface area contributed by atoms with Gasteiger partial charge >= 0.3 is 0 Å². The number of aromatic nitrogens is 3. The lowest BCUT2D eigenvalue weighted by atomic mass is 9.95. The van der Waals surface area contributed by atoms with Crippen LogP contribution in [0.3, 0.4) is 0 Å². The summed E-state index contributed by atoms with van der Waals surface area (Å²) in [4.78, 5) is 38.0. The molecule has 3 aromatic rings. The molecule has 7 nitrogen and oxygen atoms in total. The zero-order valence-corrected chi connectivity index (χ0v) is 15.1. The Bertz CT molecular complexity index is 956. The maximum atomic E-state index is 12.8. The lowest BCUT2D eigenvalue weighted by Crippen LogP contribution is -2.38. The number of anilines is 1. The number of H-pyrrole nitrogens is 1. The van der Waals surface area contributed by atoms with Crippen LogP contribution in [0.15, 0.2) is 42.6 Å². The number of hydrogen-bond acceptors (Lipinski definition) is 4. The number of benzene rings is 1. The molecule has 2 aromatic heterocycles. The van der Waals surface area contributed by atoms with Crippen molar-refractivity contribution < 1.29 is 9.59 Å². The molecule has 0 saturated carbocycles. The molecule has 4 rings (SSSR count). The first-order chi connectivity index (χ1) is 13.1. The fraction of sp³-hybridized carbons (Fsp3) is 0.300. The lowest BCUT2D eigenvalue weighted by molar-refractivity contribution is -0.114. The van der Waals surface area contributed by atoms with E-state index in [4.69, 9.17) is 4.98 Å². The monoisotopic (exact) mass is 363 g/mol. The number of nitrogens with zero attached hydrogens (tertiary/aromatic N) is 3.